The largest absolute Gasteiger partial charge is 0.491 e. The molecular weight excluding hydrogens is 278 g/mol. The molecule has 0 spiro atoms. The fraction of sp³-hybridized carbons (Fsp3) is 0.667. The van der Waals surface area contributed by atoms with E-state index in [1.165, 1.54) is 31.2 Å². The summed E-state index contributed by atoms with van der Waals surface area (Å²) in [6.07, 6.45) is 7.89. The lowest BCUT2D eigenvalue weighted by atomic mass is 9.93. The van der Waals surface area contributed by atoms with Crippen molar-refractivity contribution in [2.45, 2.75) is 69.9 Å². The predicted molar refractivity (Wildman–Crippen MR) is 93.3 cm³/mol. The Bertz CT molecular complexity index is 418. The number of hydrogen-bond acceptors (Lipinski definition) is 3. The summed E-state index contributed by atoms with van der Waals surface area (Å²) < 4.78 is 5.71. The van der Waals surface area contributed by atoms with Crippen molar-refractivity contribution in [3.8, 4) is 5.75 Å². The monoisotopic (exact) mass is 307 g/mol. The number of rotatable bonds is 6. The topological polar surface area (TPSA) is 21.3 Å². The summed E-state index contributed by atoms with van der Waals surface area (Å²) in [4.78, 5) is 0. The molecule has 0 bridgehead atoms. The van der Waals surface area contributed by atoms with Crippen LogP contribution in [0.25, 0.3) is 0 Å². The summed E-state index contributed by atoms with van der Waals surface area (Å²) in [5.41, 5.74) is 1.34. The van der Waals surface area contributed by atoms with Crippen molar-refractivity contribution in [1.82, 2.24) is 5.32 Å². The van der Waals surface area contributed by atoms with Gasteiger partial charge in [-0.1, -0.05) is 25.0 Å². The Balaban J connectivity index is 1.94. The second-order valence-electron chi connectivity index (χ2n) is 6.29. The molecule has 0 amide bonds. The van der Waals surface area contributed by atoms with Gasteiger partial charge in [-0.3, -0.25) is 0 Å². The molecule has 2 rings (SSSR count). The van der Waals surface area contributed by atoms with Crippen LogP contribution in [0, 0.1) is 0 Å². The maximum absolute atomic E-state index is 5.71. The van der Waals surface area contributed by atoms with Gasteiger partial charge in [0.1, 0.15) is 5.75 Å². The summed E-state index contributed by atoms with van der Waals surface area (Å²) in [5.74, 6) is 0.959. The van der Waals surface area contributed by atoms with Crippen molar-refractivity contribution >= 4 is 11.8 Å². The fourth-order valence-corrected chi connectivity index (χ4v) is 4.04. The van der Waals surface area contributed by atoms with Gasteiger partial charge in [-0.25, -0.2) is 0 Å². The molecule has 1 aromatic carbocycles. The van der Waals surface area contributed by atoms with Gasteiger partial charge in [0.25, 0.3) is 0 Å². The predicted octanol–water partition coefficient (Wildman–Crippen LogP) is 4.80. The van der Waals surface area contributed by atoms with Crippen LogP contribution in [-0.2, 0) is 0 Å². The van der Waals surface area contributed by atoms with Crippen molar-refractivity contribution in [1.29, 1.82) is 0 Å². The van der Waals surface area contributed by atoms with Gasteiger partial charge in [-0.2, -0.15) is 11.8 Å². The van der Waals surface area contributed by atoms with Crippen molar-refractivity contribution in [3.05, 3.63) is 29.8 Å². The molecule has 0 heterocycles. The molecule has 0 radical (unpaired) electrons. The minimum atomic E-state index is 0.232. The summed E-state index contributed by atoms with van der Waals surface area (Å²) in [6, 6.07) is 9.59. The maximum Gasteiger partial charge on any atom is 0.119 e. The van der Waals surface area contributed by atoms with E-state index < -0.39 is 0 Å². The first-order chi connectivity index (χ1) is 10.1. The minimum absolute atomic E-state index is 0.232. The highest BCUT2D eigenvalue weighted by atomic mass is 32.2. The quantitative estimate of drug-likeness (QED) is 0.816. The molecule has 0 aliphatic heterocycles. The third-order valence-electron chi connectivity index (χ3n) is 4.22. The van der Waals surface area contributed by atoms with Gasteiger partial charge in [0.2, 0.25) is 0 Å². The molecule has 1 saturated carbocycles. The molecule has 1 aliphatic rings. The molecule has 3 heteroatoms. The molecular formula is C18H29NOS. The van der Waals surface area contributed by atoms with Crippen LogP contribution in [0.2, 0.25) is 0 Å². The molecule has 1 N–H and O–H groups in total. The number of nitrogens with one attached hydrogen (secondary N) is 1. The lowest BCUT2D eigenvalue weighted by Gasteiger charge is -2.33. The van der Waals surface area contributed by atoms with Crippen LogP contribution in [0.15, 0.2) is 24.3 Å². The highest BCUT2D eigenvalue weighted by Crippen LogP contribution is 2.29. The zero-order chi connectivity index (χ0) is 15.2. The van der Waals surface area contributed by atoms with E-state index in [0.717, 1.165) is 11.0 Å². The van der Waals surface area contributed by atoms with E-state index in [-0.39, 0.29) is 6.10 Å². The average Bonchev–Trinajstić information content (AvgIpc) is 2.48. The van der Waals surface area contributed by atoms with Gasteiger partial charge in [0, 0.05) is 17.3 Å². The molecule has 0 aromatic heterocycles. The number of hydrogen-bond donors (Lipinski definition) is 1. The first-order valence-corrected chi connectivity index (χ1v) is 9.44. The Kier molecular flexibility index (Phi) is 6.43. The lowest BCUT2D eigenvalue weighted by Crippen LogP contribution is -2.41. The Morgan fingerprint density at radius 3 is 2.38 bits per heavy atom. The van der Waals surface area contributed by atoms with E-state index in [4.69, 9.17) is 4.74 Å². The van der Waals surface area contributed by atoms with Gasteiger partial charge in [-0.15, -0.1) is 0 Å². The third-order valence-corrected chi connectivity index (χ3v) is 5.39. The summed E-state index contributed by atoms with van der Waals surface area (Å²) >= 11 is 2.02. The lowest BCUT2D eigenvalue weighted by molar-refractivity contribution is 0.242. The van der Waals surface area contributed by atoms with Crippen LogP contribution < -0.4 is 10.1 Å². The van der Waals surface area contributed by atoms with Crippen LogP contribution in [0.3, 0.4) is 0 Å². The van der Waals surface area contributed by atoms with E-state index >= 15 is 0 Å². The highest BCUT2D eigenvalue weighted by Gasteiger charge is 2.25. The summed E-state index contributed by atoms with van der Waals surface area (Å²) in [7, 11) is 0. The summed E-state index contributed by atoms with van der Waals surface area (Å²) in [5, 5.41) is 4.60. The molecule has 1 aromatic rings. The molecule has 3 atom stereocenters. The van der Waals surface area contributed by atoms with Gasteiger partial charge in [0.15, 0.2) is 0 Å². The van der Waals surface area contributed by atoms with Crippen LogP contribution in [0.4, 0.5) is 0 Å². The Hall–Kier alpha value is -0.670. The van der Waals surface area contributed by atoms with E-state index in [1.807, 2.05) is 11.8 Å². The second kappa shape index (κ2) is 8.09. The summed E-state index contributed by atoms with van der Waals surface area (Å²) in [6.45, 7) is 6.39. The normalized spacial score (nSPS) is 24.0. The van der Waals surface area contributed by atoms with Gasteiger partial charge in [0.05, 0.1) is 6.10 Å². The Labute approximate surface area is 134 Å². The van der Waals surface area contributed by atoms with Crippen molar-refractivity contribution in [3.63, 3.8) is 0 Å². The molecule has 21 heavy (non-hydrogen) atoms. The number of benzene rings is 1. The van der Waals surface area contributed by atoms with E-state index in [2.05, 4.69) is 56.6 Å². The first-order valence-electron chi connectivity index (χ1n) is 8.15. The van der Waals surface area contributed by atoms with Crippen LogP contribution >= 0.6 is 11.8 Å². The zero-order valence-corrected chi connectivity index (χ0v) is 14.6. The molecule has 3 unspecified atom stereocenters. The zero-order valence-electron chi connectivity index (χ0n) is 13.8. The Morgan fingerprint density at radius 2 is 1.76 bits per heavy atom. The molecule has 0 saturated heterocycles. The van der Waals surface area contributed by atoms with Crippen molar-refractivity contribution in [2.75, 3.05) is 6.26 Å². The van der Waals surface area contributed by atoms with Gasteiger partial charge < -0.3 is 10.1 Å². The van der Waals surface area contributed by atoms with Crippen molar-refractivity contribution < 1.29 is 4.74 Å². The standard InChI is InChI=1S/C18H29NOS/c1-13(2)20-16-11-9-15(10-12-16)14(3)19-17-7-5-6-8-18(17)21-4/h9-14,17-19H,5-8H2,1-4H3. The maximum atomic E-state index is 5.71. The average molecular weight is 308 g/mol. The van der Waals surface area contributed by atoms with Gasteiger partial charge >= 0.3 is 0 Å². The van der Waals surface area contributed by atoms with E-state index in [1.54, 1.807) is 0 Å². The van der Waals surface area contributed by atoms with Crippen LogP contribution in [-0.4, -0.2) is 23.7 Å². The molecule has 118 valence electrons. The fourth-order valence-electron chi connectivity index (χ4n) is 3.09. The SMILES string of the molecule is CSC1CCCCC1NC(C)c1ccc(OC(C)C)cc1. The van der Waals surface area contributed by atoms with E-state index in [0.29, 0.717) is 12.1 Å². The second-order valence-corrected chi connectivity index (χ2v) is 7.37. The smallest absolute Gasteiger partial charge is 0.119 e. The molecule has 2 nitrogen and oxygen atoms in total. The van der Waals surface area contributed by atoms with Crippen LogP contribution in [0.1, 0.15) is 58.1 Å². The number of ether oxygens (including phenoxy) is 1. The number of thioether (sulfide) groups is 1. The van der Waals surface area contributed by atoms with Crippen molar-refractivity contribution in [2.24, 2.45) is 0 Å². The minimum Gasteiger partial charge on any atom is -0.491 e. The molecule has 1 aliphatic carbocycles. The third kappa shape index (κ3) is 4.93. The van der Waals surface area contributed by atoms with E-state index in [9.17, 15) is 0 Å². The van der Waals surface area contributed by atoms with Gasteiger partial charge in [-0.05, 0) is 57.6 Å². The molecule has 1 fully saturated rings. The highest BCUT2D eigenvalue weighted by molar-refractivity contribution is 7.99. The first kappa shape index (κ1) is 16.7. The van der Waals surface area contributed by atoms with Crippen LogP contribution in [0.5, 0.6) is 5.75 Å². The Morgan fingerprint density at radius 1 is 1.10 bits per heavy atom.